The molecule has 0 unspecified atom stereocenters. The molecule has 1 aromatic carbocycles. The summed E-state index contributed by atoms with van der Waals surface area (Å²) in [7, 11) is 0. The van der Waals surface area contributed by atoms with Crippen molar-refractivity contribution in [2.75, 3.05) is 0 Å². The summed E-state index contributed by atoms with van der Waals surface area (Å²) in [5.41, 5.74) is 1.92. The first-order valence-electron chi connectivity index (χ1n) is 8.44. The lowest BCUT2D eigenvalue weighted by molar-refractivity contribution is 0.279. The number of hydrogen-bond donors (Lipinski definition) is 0. The zero-order valence-corrected chi connectivity index (χ0v) is 15.6. The zero-order valence-electron chi connectivity index (χ0n) is 14.9. The highest BCUT2D eigenvalue weighted by Crippen LogP contribution is 2.21. The van der Waals surface area contributed by atoms with E-state index in [2.05, 4.69) is 15.0 Å². The van der Waals surface area contributed by atoms with Crippen molar-refractivity contribution in [1.82, 2.24) is 19.4 Å². The van der Waals surface area contributed by atoms with Gasteiger partial charge in [0.2, 0.25) is 0 Å². The highest BCUT2D eigenvalue weighted by molar-refractivity contribution is 6.30. The van der Waals surface area contributed by atoms with Gasteiger partial charge < -0.3 is 9.47 Å². The van der Waals surface area contributed by atoms with Gasteiger partial charge in [0.15, 0.2) is 5.75 Å². The Hall–Kier alpha value is -3.45. The molecule has 8 heteroatoms. The van der Waals surface area contributed by atoms with Crippen molar-refractivity contribution in [3.8, 4) is 17.5 Å². The first kappa shape index (κ1) is 17.9. The van der Waals surface area contributed by atoms with Crippen LogP contribution < -0.4 is 15.0 Å². The molecule has 0 spiro atoms. The first-order chi connectivity index (χ1) is 13.6. The van der Waals surface area contributed by atoms with E-state index in [0.29, 0.717) is 34.3 Å². The maximum absolute atomic E-state index is 12.2. The van der Waals surface area contributed by atoms with Crippen molar-refractivity contribution in [1.29, 1.82) is 0 Å². The summed E-state index contributed by atoms with van der Waals surface area (Å²) in [4.78, 5) is 24.7. The fourth-order valence-corrected chi connectivity index (χ4v) is 2.63. The van der Waals surface area contributed by atoms with E-state index in [1.54, 1.807) is 43.6 Å². The van der Waals surface area contributed by atoms with E-state index in [0.717, 1.165) is 5.56 Å². The summed E-state index contributed by atoms with van der Waals surface area (Å²) < 4.78 is 12.7. The highest BCUT2D eigenvalue weighted by Gasteiger charge is 2.06. The van der Waals surface area contributed by atoms with Crippen LogP contribution in [0.4, 0.5) is 0 Å². The molecule has 28 heavy (non-hydrogen) atoms. The summed E-state index contributed by atoms with van der Waals surface area (Å²) in [6.45, 7) is 2.04. The third-order valence-electron chi connectivity index (χ3n) is 3.97. The minimum atomic E-state index is -0.141. The lowest BCUT2D eigenvalue weighted by Crippen LogP contribution is -2.16. The van der Waals surface area contributed by atoms with E-state index in [4.69, 9.17) is 21.1 Å². The van der Waals surface area contributed by atoms with Crippen LogP contribution in [0.15, 0.2) is 66.0 Å². The molecule has 7 nitrogen and oxygen atoms in total. The van der Waals surface area contributed by atoms with E-state index in [1.165, 1.54) is 16.8 Å². The van der Waals surface area contributed by atoms with Crippen molar-refractivity contribution in [2.45, 2.75) is 13.5 Å². The Bertz CT molecular complexity index is 1170. The van der Waals surface area contributed by atoms with Gasteiger partial charge in [-0.25, -0.2) is 4.98 Å². The lowest BCUT2D eigenvalue weighted by atomic mass is 10.2. The number of hydrogen-bond acceptors (Lipinski definition) is 6. The SMILES string of the molecule is Cc1cnc2ccc(Oc3cnc(OCc4ccc(Cl)cc4)nc3)cn2c1=O. The molecule has 4 rings (SSSR count). The molecular weight excluding hydrogens is 380 g/mol. The number of aryl methyl sites for hydroxylation is 1. The van der Waals surface area contributed by atoms with Crippen molar-refractivity contribution in [3.63, 3.8) is 0 Å². The number of nitrogens with zero attached hydrogens (tertiary/aromatic N) is 4. The summed E-state index contributed by atoms with van der Waals surface area (Å²) in [6.07, 6.45) is 6.15. The third kappa shape index (κ3) is 3.94. The van der Waals surface area contributed by atoms with Crippen molar-refractivity contribution >= 4 is 17.2 Å². The Morgan fingerprint density at radius 2 is 1.71 bits per heavy atom. The monoisotopic (exact) mass is 394 g/mol. The van der Waals surface area contributed by atoms with E-state index < -0.39 is 0 Å². The first-order valence-corrected chi connectivity index (χ1v) is 8.81. The van der Waals surface area contributed by atoms with Crippen LogP contribution in [0.1, 0.15) is 11.1 Å². The van der Waals surface area contributed by atoms with Crippen LogP contribution in [0.5, 0.6) is 17.5 Å². The third-order valence-corrected chi connectivity index (χ3v) is 4.22. The van der Waals surface area contributed by atoms with E-state index in [-0.39, 0.29) is 11.6 Å². The summed E-state index contributed by atoms with van der Waals surface area (Å²) in [6, 6.07) is 11.0. The second-order valence-corrected chi connectivity index (χ2v) is 6.49. The van der Waals surface area contributed by atoms with Crippen LogP contribution in [-0.2, 0) is 6.61 Å². The molecule has 140 valence electrons. The predicted octanol–water partition coefficient (Wildman–Crippen LogP) is 3.82. The maximum atomic E-state index is 12.2. The Kier molecular flexibility index (Phi) is 4.90. The van der Waals surface area contributed by atoms with Gasteiger partial charge >= 0.3 is 6.01 Å². The Morgan fingerprint density at radius 3 is 2.46 bits per heavy atom. The number of aromatic nitrogens is 4. The minimum Gasteiger partial charge on any atom is -0.459 e. The van der Waals surface area contributed by atoms with Crippen molar-refractivity contribution in [3.05, 3.63) is 87.7 Å². The fourth-order valence-electron chi connectivity index (χ4n) is 2.51. The minimum absolute atomic E-state index is 0.141. The molecule has 0 atom stereocenters. The molecule has 0 N–H and O–H groups in total. The molecule has 0 saturated carbocycles. The normalized spacial score (nSPS) is 10.8. The Morgan fingerprint density at radius 1 is 0.964 bits per heavy atom. The molecule has 0 fully saturated rings. The number of ether oxygens (including phenoxy) is 2. The zero-order chi connectivity index (χ0) is 19.5. The van der Waals surface area contributed by atoms with Crippen LogP contribution in [0.3, 0.4) is 0 Å². The molecule has 0 aliphatic carbocycles. The fraction of sp³-hybridized carbons (Fsp3) is 0.100. The number of halogens is 1. The maximum Gasteiger partial charge on any atom is 0.316 e. The van der Waals surface area contributed by atoms with Gasteiger partial charge in [-0.05, 0) is 36.8 Å². The summed E-state index contributed by atoms with van der Waals surface area (Å²) in [5.74, 6) is 0.896. The van der Waals surface area contributed by atoms with Crippen LogP contribution in [0.25, 0.3) is 5.65 Å². The van der Waals surface area contributed by atoms with Gasteiger partial charge in [-0.3, -0.25) is 9.20 Å². The van der Waals surface area contributed by atoms with Crippen molar-refractivity contribution in [2.24, 2.45) is 0 Å². The van der Waals surface area contributed by atoms with Crippen LogP contribution >= 0.6 is 11.6 Å². The van der Waals surface area contributed by atoms with Gasteiger partial charge in [-0.1, -0.05) is 23.7 Å². The molecule has 3 heterocycles. The summed E-state index contributed by atoms with van der Waals surface area (Å²) >= 11 is 5.86. The van der Waals surface area contributed by atoms with Crippen LogP contribution in [0.2, 0.25) is 5.02 Å². The van der Waals surface area contributed by atoms with Crippen LogP contribution in [-0.4, -0.2) is 19.4 Å². The topological polar surface area (TPSA) is 78.6 Å². The summed E-state index contributed by atoms with van der Waals surface area (Å²) in [5, 5.41) is 0.670. The number of benzene rings is 1. The van der Waals surface area contributed by atoms with Gasteiger partial charge in [0.05, 0.1) is 18.6 Å². The second-order valence-electron chi connectivity index (χ2n) is 6.06. The van der Waals surface area contributed by atoms with Gasteiger partial charge in [-0.15, -0.1) is 0 Å². The molecule has 0 aliphatic heterocycles. The smallest absolute Gasteiger partial charge is 0.316 e. The number of rotatable bonds is 5. The highest BCUT2D eigenvalue weighted by atomic mass is 35.5. The van der Waals surface area contributed by atoms with E-state index in [9.17, 15) is 4.79 Å². The van der Waals surface area contributed by atoms with Crippen LogP contribution in [0, 0.1) is 6.92 Å². The lowest BCUT2D eigenvalue weighted by Gasteiger charge is -2.08. The molecule has 0 bridgehead atoms. The van der Waals surface area contributed by atoms with Crippen molar-refractivity contribution < 1.29 is 9.47 Å². The number of pyridine rings is 1. The second kappa shape index (κ2) is 7.66. The molecule has 0 aliphatic rings. The molecule has 4 aromatic rings. The quantitative estimate of drug-likeness (QED) is 0.512. The molecule has 0 amide bonds. The average molecular weight is 395 g/mol. The molecular formula is C20H15ClN4O3. The molecule has 3 aromatic heterocycles. The van der Waals surface area contributed by atoms with E-state index >= 15 is 0 Å². The Labute approximate surface area is 165 Å². The van der Waals surface area contributed by atoms with Gasteiger partial charge in [0, 0.05) is 16.8 Å². The largest absolute Gasteiger partial charge is 0.459 e. The molecule has 0 radical (unpaired) electrons. The molecule has 0 saturated heterocycles. The van der Waals surface area contributed by atoms with E-state index in [1.807, 2.05) is 12.1 Å². The van der Waals surface area contributed by atoms with Gasteiger partial charge in [0.25, 0.3) is 5.56 Å². The van der Waals surface area contributed by atoms with Gasteiger partial charge in [-0.2, -0.15) is 9.97 Å². The standard InChI is InChI=1S/C20H15ClN4O3/c1-13-8-22-18-7-6-16(11-25(18)19(13)26)28-17-9-23-20(24-10-17)27-12-14-2-4-15(21)5-3-14/h2-11H,12H2,1H3. The number of fused-ring (bicyclic) bond motifs is 1. The average Bonchev–Trinajstić information content (AvgIpc) is 2.72. The van der Waals surface area contributed by atoms with Gasteiger partial charge in [0.1, 0.15) is 18.0 Å². The Balaban J connectivity index is 1.45. The predicted molar refractivity (Wildman–Crippen MR) is 104 cm³/mol.